The number of fused-ring (bicyclic) bond motifs is 6. The number of nitrogens with one attached hydrogen (secondary N) is 1. The molecule has 40 heavy (non-hydrogen) atoms. The lowest BCUT2D eigenvalue weighted by molar-refractivity contribution is -0.153. The summed E-state index contributed by atoms with van der Waals surface area (Å²) < 4.78 is 5.41. The quantitative estimate of drug-likeness (QED) is 0.350. The highest BCUT2D eigenvalue weighted by Gasteiger charge is 2.46. The fraction of sp³-hybridized carbons (Fsp3) is 0.257. The van der Waals surface area contributed by atoms with Crippen molar-refractivity contribution >= 4 is 11.9 Å². The van der Waals surface area contributed by atoms with E-state index in [-0.39, 0.29) is 25.0 Å². The van der Waals surface area contributed by atoms with Gasteiger partial charge in [0, 0.05) is 13.1 Å². The highest BCUT2D eigenvalue weighted by molar-refractivity contribution is 5.88. The topological polar surface area (TPSA) is 81.4 Å². The first-order valence-electron chi connectivity index (χ1n) is 13.9. The van der Waals surface area contributed by atoms with Crippen LogP contribution in [0, 0.1) is 10.8 Å². The second-order valence-electron chi connectivity index (χ2n) is 11.3. The molecule has 6 rings (SSSR count). The molecule has 2 aliphatic rings. The summed E-state index contributed by atoms with van der Waals surface area (Å²) in [5.74, 6) is -0.451. The fourth-order valence-electron chi connectivity index (χ4n) is 6.72. The van der Waals surface area contributed by atoms with E-state index in [1.165, 1.54) is 7.11 Å². The first kappa shape index (κ1) is 26.0. The molecule has 0 saturated carbocycles. The van der Waals surface area contributed by atoms with Crippen molar-refractivity contribution < 1.29 is 14.3 Å². The van der Waals surface area contributed by atoms with Crippen LogP contribution in [0.1, 0.15) is 22.3 Å². The van der Waals surface area contributed by atoms with Crippen molar-refractivity contribution in [3.63, 3.8) is 0 Å². The number of benzene rings is 4. The van der Waals surface area contributed by atoms with Crippen molar-refractivity contribution in [1.29, 1.82) is 0 Å². The van der Waals surface area contributed by atoms with Gasteiger partial charge in [0.05, 0.1) is 17.9 Å². The molecule has 0 heterocycles. The molecule has 0 radical (unpaired) electrons. The van der Waals surface area contributed by atoms with Gasteiger partial charge in [-0.15, -0.1) is 0 Å². The highest BCUT2D eigenvalue weighted by Crippen LogP contribution is 2.42. The van der Waals surface area contributed by atoms with Gasteiger partial charge in [-0.05, 0) is 70.2 Å². The van der Waals surface area contributed by atoms with Gasteiger partial charge in [-0.2, -0.15) is 0 Å². The average Bonchev–Trinajstić information content (AvgIpc) is 3.24. The molecule has 0 aliphatic heterocycles. The van der Waals surface area contributed by atoms with Crippen LogP contribution in [0.5, 0.6) is 0 Å². The lowest BCUT2D eigenvalue weighted by Gasteiger charge is -2.35. The Hall–Kier alpha value is -4.22. The molecule has 0 saturated heterocycles. The molecular formula is C35H34N2O3. The number of nitrogens with two attached hydrogens (primary N) is 1. The van der Waals surface area contributed by atoms with E-state index >= 15 is 0 Å². The SMILES string of the molecule is COC(=O)C1(CNC(=O)C2(CN)Cc3ccccc3-c3ccccc3C2)Cc2ccccc2-c2ccccc2C1. The lowest BCUT2D eigenvalue weighted by Crippen LogP contribution is -2.53. The summed E-state index contributed by atoms with van der Waals surface area (Å²) in [6.45, 7) is 0.352. The molecule has 0 unspecified atom stereocenters. The van der Waals surface area contributed by atoms with Crippen LogP contribution < -0.4 is 11.1 Å². The number of hydrogen-bond donors (Lipinski definition) is 2. The third kappa shape index (κ3) is 4.40. The van der Waals surface area contributed by atoms with Crippen LogP contribution >= 0.6 is 0 Å². The maximum atomic E-state index is 14.3. The molecule has 3 N–H and O–H groups in total. The van der Waals surface area contributed by atoms with E-state index in [4.69, 9.17) is 10.5 Å². The van der Waals surface area contributed by atoms with Crippen LogP contribution in [0.2, 0.25) is 0 Å². The van der Waals surface area contributed by atoms with Gasteiger partial charge in [0.2, 0.25) is 5.91 Å². The van der Waals surface area contributed by atoms with E-state index in [2.05, 4.69) is 53.8 Å². The molecule has 0 spiro atoms. The molecule has 0 atom stereocenters. The molecule has 4 aromatic carbocycles. The maximum Gasteiger partial charge on any atom is 0.314 e. The first-order chi connectivity index (χ1) is 19.5. The standard InChI is InChI=1S/C35H34N2O3/c1-40-33(39)35(20-26-12-4-8-16-30(26)31-17-9-5-13-27(31)21-35)23-37-32(38)34(22-36)18-24-10-2-6-14-28(24)29-15-7-3-11-25(29)19-34/h2-17H,18-23,36H2,1H3,(H,37,38). The van der Waals surface area contributed by atoms with Crippen molar-refractivity contribution in [2.45, 2.75) is 25.7 Å². The summed E-state index contributed by atoms with van der Waals surface area (Å²) in [5.41, 5.74) is 13.5. The summed E-state index contributed by atoms with van der Waals surface area (Å²) in [6.07, 6.45) is 1.98. The van der Waals surface area contributed by atoms with Gasteiger partial charge in [0.15, 0.2) is 0 Å². The summed E-state index contributed by atoms with van der Waals surface area (Å²) in [6, 6.07) is 32.9. The molecule has 5 nitrogen and oxygen atoms in total. The van der Waals surface area contributed by atoms with Crippen LogP contribution in [-0.2, 0) is 40.0 Å². The van der Waals surface area contributed by atoms with Crippen molar-refractivity contribution in [3.8, 4) is 22.3 Å². The third-order valence-corrected chi connectivity index (χ3v) is 8.84. The minimum Gasteiger partial charge on any atom is -0.469 e. The molecule has 0 bridgehead atoms. The Morgan fingerprint density at radius 3 is 1.35 bits per heavy atom. The second-order valence-corrected chi connectivity index (χ2v) is 11.3. The number of carbonyl (C=O) groups excluding carboxylic acids is 2. The van der Waals surface area contributed by atoms with Crippen LogP contribution in [0.15, 0.2) is 97.1 Å². The van der Waals surface area contributed by atoms with E-state index in [1.807, 2.05) is 48.5 Å². The Bertz CT molecular complexity index is 1500. The molecular weight excluding hydrogens is 496 g/mol. The maximum absolute atomic E-state index is 14.3. The number of ether oxygens (including phenoxy) is 1. The number of rotatable bonds is 5. The Labute approximate surface area is 235 Å². The normalized spacial score (nSPS) is 16.1. The molecule has 1 amide bonds. The van der Waals surface area contributed by atoms with Crippen molar-refractivity contribution in [2.24, 2.45) is 16.6 Å². The van der Waals surface area contributed by atoms with Crippen molar-refractivity contribution in [2.75, 3.05) is 20.2 Å². The van der Waals surface area contributed by atoms with Crippen molar-refractivity contribution in [3.05, 3.63) is 119 Å². The zero-order chi connectivity index (χ0) is 27.7. The van der Waals surface area contributed by atoms with Crippen LogP contribution in [0.25, 0.3) is 22.3 Å². The van der Waals surface area contributed by atoms with Gasteiger partial charge < -0.3 is 15.8 Å². The van der Waals surface area contributed by atoms with Crippen molar-refractivity contribution in [1.82, 2.24) is 5.32 Å². The predicted octanol–water partition coefficient (Wildman–Crippen LogP) is 5.14. The smallest absolute Gasteiger partial charge is 0.314 e. The van der Waals surface area contributed by atoms with Gasteiger partial charge in [0.1, 0.15) is 0 Å². The molecule has 2 aliphatic carbocycles. The van der Waals surface area contributed by atoms with Gasteiger partial charge in [-0.25, -0.2) is 0 Å². The summed E-state index contributed by atoms with van der Waals surface area (Å²) in [4.78, 5) is 27.8. The Morgan fingerprint density at radius 2 is 1.00 bits per heavy atom. The molecule has 0 aromatic heterocycles. The monoisotopic (exact) mass is 530 g/mol. The molecule has 5 heteroatoms. The Morgan fingerprint density at radius 1 is 0.650 bits per heavy atom. The zero-order valence-corrected chi connectivity index (χ0v) is 22.8. The third-order valence-electron chi connectivity index (χ3n) is 8.84. The number of amides is 1. The highest BCUT2D eigenvalue weighted by atomic mass is 16.5. The second kappa shape index (κ2) is 10.4. The zero-order valence-electron chi connectivity index (χ0n) is 22.8. The Balaban J connectivity index is 1.37. The van der Waals surface area contributed by atoms with Gasteiger partial charge >= 0.3 is 5.97 Å². The summed E-state index contributed by atoms with van der Waals surface area (Å²) in [7, 11) is 1.43. The van der Waals surface area contributed by atoms with Gasteiger partial charge in [0.25, 0.3) is 0 Å². The van der Waals surface area contributed by atoms with Crippen LogP contribution in [0.4, 0.5) is 0 Å². The van der Waals surface area contributed by atoms with Gasteiger partial charge in [-0.1, -0.05) is 97.1 Å². The average molecular weight is 531 g/mol. The molecule has 202 valence electrons. The lowest BCUT2D eigenvalue weighted by atomic mass is 9.75. The number of esters is 1. The first-order valence-corrected chi connectivity index (χ1v) is 13.9. The predicted molar refractivity (Wildman–Crippen MR) is 158 cm³/mol. The van der Waals surface area contributed by atoms with E-state index in [9.17, 15) is 9.59 Å². The molecule has 0 fully saturated rings. The van der Waals surface area contributed by atoms with E-state index in [1.54, 1.807) is 0 Å². The number of methoxy groups -OCH3 is 1. The fourth-order valence-corrected chi connectivity index (χ4v) is 6.72. The summed E-state index contributed by atoms with van der Waals surface area (Å²) >= 11 is 0. The van der Waals surface area contributed by atoms with Crippen LogP contribution in [-0.4, -0.2) is 32.1 Å². The van der Waals surface area contributed by atoms with E-state index in [0.29, 0.717) is 25.7 Å². The minimum atomic E-state index is -0.955. The van der Waals surface area contributed by atoms with E-state index in [0.717, 1.165) is 44.5 Å². The Kier molecular flexibility index (Phi) is 6.77. The number of hydrogen-bond acceptors (Lipinski definition) is 4. The van der Waals surface area contributed by atoms with Gasteiger partial charge in [-0.3, -0.25) is 9.59 Å². The summed E-state index contributed by atoms with van der Waals surface area (Å²) in [5, 5.41) is 3.23. The molecule has 4 aromatic rings. The number of carbonyl (C=O) groups is 2. The van der Waals surface area contributed by atoms with Crippen LogP contribution in [0.3, 0.4) is 0 Å². The van der Waals surface area contributed by atoms with E-state index < -0.39 is 10.8 Å². The minimum absolute atomic E-state index is 0.129. The largest absolute Gasteiger partial charge is 0.469 e.